The van der Waals surface area contributed by atoms with Crippen LogP contribution in [0.15, 0.2) is 42.6 Å². The van der Waals surface area contributed by atoms with Crippen LogP contribution in [0.3, 0.4) is 0 Å². The highest BCUT2D eigenvalue weighted by atomic mass is 35.5. The number of rotatable bonds is 5. The number of halogens is 2. The Kier molecular flexibility index (Phi) is 4.74. The van der Waals surface area contributed by atoms with Gasteiger partial charge in [-0.15, -0.1) is 11.6 Å². The molecule has 4 heteroatoms. The molecule has 0 aliphatic rings. The maximum absolute atomic E-state index is 14.1. The Morgan fingerprint density at radius 1 is 1.26 bits per heavy atom. The standard InChI is InChI=1S/C15H16ClFN2/c1-2-19(11-13-5-3-4-8-18-13)15-7-6-12(10-16)9-14(15)17/h3-9H,2,10-11H2,1H3. The van der Waals surface area contributed by atoms with E-state index in [1.54, 1.807) is 12.3 Å². The average Bonchev–Trinajstić information content (AvgIpc) is 2.46. The van der Waals surface area contributed by atoms with E-state index in [0.29, 0.717) is 24.7 Å². The van der Waals surface area contributed by atoms with Crippen molar-refractivity contribution in [3.63, 3.8) is 0 Å². The maximum Gasteiger partial charge on any atom is 0.146 e. The summed E-state index contributed by atoms with van der Waals surface area (Å²) in [7, 11) is 0. The monoisotopic (exact) mass is 278 g/mol. The van der Waals surface area contributed by atoms with Gasteiger partial charge in [-0.3, -0.25) is 4.98 Å². The van der Waals surface area contributed by atoms with Gasteiger partial charge in [-0.2, -0.15) is 0 Å². The molecule has 0 aliphatic heterocycles. The number of benzene rings is 1. The molecule has 100 valence electrons. The maximum atomic E-state index is 14.1. The number of aromatic nitrogens is 1. The molecule has 0 saturated carbocycles. The summed E-state index contributed by atoms with van der Waals surface area (Å²) < 4.78 is 14.1. The van der Waals surface area contributed by atoms with E-state index in [4.69, 9.17) is 11.6 Å². The topological polar surface area (TPSA) is 16.1 Å². The first-order valence-corrected chi connectivity index (χ1v) is 6.77. The van der Waals surface area contributed by atoms with E-state index < -0.39 is 0 Å². The zero-order chi connectivity index (χ0) is 13.7. The molecule has 1 heterocycles. The van der Waals surface area contributed by atoms with Crippen LogP contribution in [0.4, 0.5) is 10.1 Å². The first-order chi connectivity index (χ1) is 9.24. The molecule has 2 aromatic rings. The van der Waals surface area contributed by atoms with Crippen molar-refractivity contribution in [3.8, 4) is 0 Å². The molecule has 19 heavy (non-hydrogen) atoms. The lowest BCUT2D eigenvalue weighted by Crippen LogP contribution is -2.23. The molecular weight excluding hydrogens is 263 g/mol. The van der Waals surface area contributed by atoms with Crippen LogP contribution in [0.25, 0.3) is 0 Å². The van der Waals surface area contributed by atoms with Crippen LogP contribution in [-0.4, -0.2) is 11.5 Å². The predicted molar refractivity (Wildman–Crippen MR) is 76.9 cm³/mol. The molecule has 0 bridgehead atoms. The van der Waals surface area contributed by atoms with Crippen LogP contribution >= 0.6 is 11.6 Å². The summed E-state index contributed by atoms with van der Waals surface area (Å²) in [4.78, 5) is 6.22. The number of nitrogens with zero attached hydrogens (tertiary/aromatic N) is 2. The Bertz CT molecular complexity index is 531. The fourth-order valence-corrected chi connectivity index (χ4v) is 2.11. The van der Waals surface area contributed by atoms with Gasteiger partial charge in [0, 0.05) is 18.6 Å². The van der Waals surface area contributed by atoms with Gasteiger partial charge in [0.25, 0.3) is 0 Å². The second-order valence-corrected chi connectivity index (χ2v) is 4.52. The van der Waals surface area contributed by atoms with E-state index in [9.17, 15) is 4.39 Å². The fraction of sp³-hybridized carbons (Fsp3) is 0.267. The van der Waals surface area contributed by atoms with Crippen molar-refractivity contribution in [3.05, 3.63) is 59.7 Å². The average molecular weight is 279 g/mol. The van der Waals surface area contributed by atoms with Gasteiger partial charge in [-0.05, 0) is 36.8 Å². The van der Waals surface area contributed by atoms with Gasteiger partial charge in [0.1, 0.15) is 5.82 Å². The fourth-order valence-electron chi connectivity index (χ4n) is 1.94. The van der Waals surface area contributed by atoms with Gasteiger partial charge >= 0.3 is 0 Å². The highest BCUT2D eigenvalue weighted by Crippen LogP contribution is 2.22. The molecule has 0 spiro atoms. The van der Waals surface area contributed by atoms with Crippen molar-refractivity contribution in [2.24, 2.45) is 0 Å². The first-order valence-electron chi connectivity index (χ1n) is 6.24. The molecule has 0 radical (unpaired) electrons. The lowest BCUT2D eigenvalue weighted by molar-refractivity contribution is 0.615. The minimum atomic E-state index is -0.240. The van der Waals surface area contributed by atoms with Crippen molar-refractivity contribution in [1.82, 2.24) is 4.98 Å². The smallest absolute Gasteiger partial charge is 0.146 e. The van der Waals surface area contributed by atoms with Gasteiger partial charge in [-0.25, -0.2) is 4.39 Å². The highest BCUT2D eigenvalue weighted by molar-refractivity contribution is 6.17. The Balaban J connectivity index is 2.22. The number of alkyl halides is 1. The molecule has 0 unspecified atom stereocenters. The van der Waals surface area contributed by atoms with Crippen LogP contribution in [0.2, 0.25) is 0 Å². The van der Waals surface area contributed by atoms with Crippen LogP contribution in [0, 0.1) is 5.82 Å². The van der Waals surface area contributed by atoms with Gasteiger partial charge in [-0.1, -0.05) is 12.1 Å². The highest BCUT2D eigenvalue weighted by Gasteiger charge is 2.11. The summed E-state index contributed by atoms with van der Waals surface area (Å²) in [5, 5.41) is 0. The quantitative estimate of drug-likeness (QED) is 0.769. The molecule has 2 rings (SSSR count). The molecule has 0 fully saturated rings. The third-order valence-electron chi connectivity index (χ3n) is 2.97. The summed E-state index contributed by atoms with van der Waals surface area (Å²) in [5.41, 5.74) is 2.30. The Labute approximate surface area is 117 Å². The number of hydrogen-bond acceptors (Lipinski definition) is 2. The van der Waals surface area contributed by atoms with Crippen LogP contribution in [0.1, 0.15) is 18.2 Å². The minimum absolute atomic E-state index is 0.240. The second-order valence-electron chi connectivity index (χ2n) is 4.25. The molecule has 0 amide bonds. The summed E-state index contributed by atoms with van der Waals surface area (Å²) in [6.07, 6.45) is 1.75. The minimum Gasteiger partial charge on any atom is -0.364 e. The van der Waals surface area contributed by atoms with Crippen molar-refractivity contribution < 1.29 is 4.39 Å². The second kappa shape index (κ2) is 6.53. The van der Waals surface area contributed by atoms with Crippen molar-refractivity contribution in [1.29, 1.82) is 0 Å². The van der Waals surface area contributed by atoms with Gasteiger partial charge in [0.2, 0.25) is 0 Å². The predicted octanol–water partition coefficient (Wildman–Crippen LogP) is 3.99. The van der Waals surface area contributed by atoms with E-state index in [0.717, 1.165) is 11.3 Å². The van der Waals surface area contributed by atoms with Crippen molar-refractivity contribution in [2.45, 2.75) is 19.3 Å². The van der Waals surface area contributed by atoms with E-state index in [2.05, 4.69) is 4.98 Å². The Hall–Kier alpha value is -1.61. The first kappa shape index (κ1) is 13.8. The lowest BCUT2D eigenvalue weighted by atomic mass is 10.2. The van der Waals surface area contributed by atoms with Gasteiger partial charge in [0.15, 0.2) is 0 Å². The van der Waals surface area contributed by atoms with Gasteiger partial charge in [0.05, 0.1) is 17.9 Å². The molecule has 1 aromatic carbocycles. The normalized spacial score (nSPS) is 10.5. The summed E-state index contributed by atoms with van der Waals surface area (Å²) in [6, 6.07) is 10.9. The van der Waals surface area contributed by atoms with Gasteiger partial charge < -0.3 is 4.90 Å². The summed E-state index contributed by atoms with van der Waals surface area (Å²) >= 11 is 5.70. The molecule has 0 atom stereocenters. The molecule has 1 aromatic heterocycles. The molecule has 0 N–H and O–H groups in total. The molecule has 0 aliphatic carbocycles. The van der Waals surface area contributed by atoms with E-state index in [-0.39, 0.29) is 5.82 Å². The van der Waals surface area contributed by atoms with E-state index >= 15 is 0 Å². The Morgan fingerprint density at radius 3 is 2.68 bits per heavy atom. The van der Waals surface area contributed by atoms with Crippen molar-refractivity contribution in [2.75, 3.05) is 11.4 Å². The SMILES string of the molecule is CCN(Cc1ccccn1)c1ccc(CCl)cc1F. The number of hydrogen-bond donors (Lipinski definition) is 0. The van der Waals surface area contributed by atoms with E-state index in [1.807, 2.05) is 36.1 Å². The lowest BCUT2D eigenvalue weighted by Gasteiger charge is -2.23. The largest absolute Gasteiger partial charge is 0.364 e. The number of anilines is 1. The zero-order valence-electron chi connectivity index (χ0n) is 10.8. The zero-order valence-corrected chi connectivity index (χ0v) is 11.6. The molecule has 2 nitrogen and oxygen atoms in total. The molecular formula is C15H16ClFN2. The summed E-state index contributed by atoms with van der Waals surface area (Å²) in [5.74, 6) is 0.0831. The number of pyridine rings is 1. The van der Waals surface area contributed by atoms with Crippen molar-refractivity contribution >= 4 is 17.3 Å². The third kappa shape index (κ3) is 3.44. The third-order valence-corrected chi connectivity index (χ3v) is 3.28. The molecule has 0 saturated heterocycles. The summed E-state index contributed by atoms with van der Waals surface area (Å²) in [6.45, 7) is 3.31. The van der Waals surface area contributed by atoms with Crippen LogP contribution < -0.4 is 4.90 Å². The Morgan fingerprint density at radius 2 is 2.11 bits per heavy atom. The van der Waals surface area contributed by atoms with E-state index in [1.165, 1.54) is 6.07 Å². The van der Waals surface area contributed by atoms with Crippen LogP contribution in [-0.2, 0) is 12.4 Å². The van der Waals surface area contributed by atoms with Crippen LogP contribution in [0.5, 0.6) is 0 Å².